The SMILES string of the molecule is CC(C)CN1CC(COS(=O)(=O)Cc2ccccc2)Oc2ccccc21. The summed E-state index contributed by atoms with van der Waals surface area (Å²) in [5, 5.41) is 0. The van der Waals surface area contributed by atoms with Crippen molar-refractivity contribution in [2.75, 3.05) is 24.6 Å². The van der Waals surface area contributed by atoms with Crippen LogP contribution in [-0.2, 0) is 20.1 Å². The van der Waals surface area contributed by atoms with Crippen LogP contribution in [0, 0.1) is 5.92 Å². The van der Waals surface area contributed by atoms with Gasteiger partial charge in [0.05, 0.1) is 12.2 Å². The van der Waals surface area contributed by atoms with Gasteiger partial charge in [0.25, 0.3) is 10.1 Å². The Morgan fingerprint density at radius 1 is 1.12 bits per heavy atom. The second-order valence-corrected chi connectivity index (χ2v) is 8.62. The Morgan fingerprint density at radius 2 is 1.81 bits per heavy atom. The maximum absolute atomic E-state index is 12.3. The third-order valence-corrected chi connectivity index (χ3v) is 5.31. The molecule has 0 aromatic heterocycles. The van der Waals surface area contributed by atoms with Crippen LogP contribution in [0.1, 0.15) is 19.4 Å². The molecule has 1 aliphatic heterocycles. The van der Waals surface area contributed by atoms with E-state index in [1.165, 1.54) is 0 Å². The van der Waals surface area contributed by atoms with Crippen LogP contribution in [0.15, 0.2) is 54.6 Å². The molecule has 5 nitrogen and oxygen atoms in total. The monoisotopic (exact) mass is 375 g/mol. The zero-order chi connectivity index (χ0) is 18.6. The summed E-state index contributed by atoms with van der Waals surface area (Å²) in [5.74, 6) is 1.13. The first-order valence-corrected chi connectivity index (χ1v) is 10.4. The van der Waals surface area contributed by atoms with Crippen LogP contribution in [0.5, 0.6) is 5.75 Å². The highest BCUT2D eigenvalue weighted by Gasteiger charge is 2.27. The highest BCUT2D eigenvalue weighted by atomic mass is 32.2. The Kier molecular flexibility index (Phi) is 5.84. The summed E-state index contributed by atoms with van der Waals surface area (Å²) in [7, 11) is -3.65. The molecule has 3 rings (SSSR count). The zero-order valence-electron chi connectivity index (χ0n) is 15.2. The van der Waals surface area contributed by atoms with Crippen molar-refractivity contribution in [3.63, 3.8) is 0 Å². The molecule has 0 aliphatic carbocycles. The van der Waals surface area contributed by atoms with Crippen molar-refractivity contribution in [3.8, 4) is 5.75 Å². The fourth-order valence-electron chi connectivity index (χ4n) is 3.08. The van der Waals surface area contributed by atoms with E-state index >= 15 is 0 Å². The third-order valence-electron chi connectivity index (χ3n) is 4.13. The van der Waals surface area contributed by atoms with Gasteiger partial charge in [0.1, 0.15) is 24.2 Å². The van der Waals surface area contributed by atoms with Gasteiger partial charge in [-0.05, 0) is 23.6 Å². The van der Waals surface area contributed by atoms with Crippen molar-refractivity contribution in [2.45, 2.75) is 25.7 Å². The maximum Gasteiger partial charge on any atom is 0.271 e. The van der Waals surface area contributed by atoms with Crippen LogP contribution >= 0.6 is 0 Å². The van der Waals surface area contributed by atoms with Gasteiger partial charge in [0, 0.05) is 6.54 Å². The highest BCUT2D eigenvalue weighted by molar-refractivity contribution is 7.85. The van der Waals surface area contributed by atoms with Crippen molar-refractivity contribution < 1.29 is 17.3 Å². The summed E-state index contributed by atoms with van der Waals surface area (Å²) >= 11 is 0. The first-order valence-electron chi connectivity index (χ1n) is 8.84. The predicted molar refractivity (Wildman–Crippen MR) is 103 cm³/mol. The number of nitrogens with zero attached hydrogens (tertiary/aromatic N) is 1. The van der Waals surface area contributed by atoms with Gasteiger partial charge >= 0.3 is 0 Å². The van der Waals surface area contributed by atoms with Gasteiger partial charge < -0.3 is 9.64 Å². The molecule has 0 bridgehead atoms. The predicted octanol–water partition coefficient (Wildman–Crippen LogP) is 3.46. The Morgan fingerprint density at radius 3 is 2.54 bits per heavy atom. The van der Waals surface area contributed by atoms with Crippen LogP contribution in [0.25, 0.3) is 0 Å². The molecular formula is C20H25NO4S. The summed E-state index contributed by atoms with van der Waals surface area (Å²) < 4.78 is 35.7. The molecule has 6 heteroatoms. The van der Waals surface area contributed by atoms with Gasteiger partial charge in [-0.1, -0.05) is 56.3 Å². The number of para-hydroxylation sites is 2. The average Bonchev–Trinajstić information content (AvgIpc) is 2.60. The first-order chi connectivity index (χ1) is 12.4. The van der Waals surface area contributed by atoms with E-state index in [1.807, 2.05) is 42.5 Å². The van der Waals surface area contributed by atoms with E-state index in [0.717, 1.165) is 18.0 Å². The second-order valence-electron chi connectivity index (χ2n) is 6.98. The summed E-state index contributed by atoms with van der Waals surface area (Å²) in [4.78, 5) is 2.24. The number of benzene rings is 2. The number of rotatable bonds is 7. The number of ether oxygens (including phenoxy) is 1. The molecule has 0 saturated carbocycles. The molecule has 0 fully saturated rings. The lowest BCUT2D eigenvalue weighted by Crippen LogP contribution is -2.44. The molecule has 0 N–H and O–H groups in total. The van der Waals surface area contributed by atoms with Crippen molar-refractivity contribution in [3.05, 3.63) is 60.2 Å². The minimum absolute atomic E-state index is 0.0120. The quantitative estimate of drug-likeness (QED) is 0.694. The molecule has 0 saturated heterocycles. The number of hydrogen-bond donors (Lipinski definition) is 0. The van der Waals surface area contributed by atoms with Gasteiger partial charge in [0.15, 0.2) is 0 Å². The molecule has 0 spiro atoms. The lowest BCUT2D eigenvalue weighted by atomic mass is 10.1. The second kappa shape index (κ2) is 8.10. The van der Waals surface area contributed by atoms with Crippen LogP contribution < -0.4 is 9.64 Å². The summed E-state index contributed by atoms with van der Waals surface area (Å²) in [6.07, 6.45) is -0.325. The van der Waals surface area contributed by atoms with E-state index in [9.17, 15) is 8.42 Å². The van der Waals surface area contributed by atoms with Crippen molar-refractivity contribution >= 4 is 15.8 Å². The van der Waals surface area contributed by atoms with E-state index in [-0.39, 0.29) is 18.5 Å². The van der Waals surface area contributed by atoms with Crippen LogP contribution in [0.3, 0.4) is 0 Å². The molecule has 0 amide bonds. The van der Waals surface area contributed by atoms with Crippen LogP contribution in [-0.4, -0.2) is 34.2 Å². The fraction of sp³-hybridized carbons (Fsp3) is 0.400. The molecule has 2 aromatic carbocycles. The molecule has 1 unspecified atom stereocenters. The van der Waals surface area contributed by atoms with E-state index in [2.05, 4.69) is 18.7 Å². The van der Waals surface area contributed by atoms with Crippen LogP contribution in [0.4, 0.5) is 5.69 Å². The molecule has 1 atom stereocenters. The van der Waals surface area contributed by atoms with E-state index < -0.39 is 10.1 Å². The minimum atomic E-state index is -3.65. The number of fused-ring (bicyclic) bond motifs is 1. The Bertz CT molecular complexity index is 821. The van der Waals surface area contributed by atoms with Gasteiger partial charge in [-0.15, -0.1) is 0 Å². The zero-order valence-corrected chi connectivity index (χ0v) is 16.0. The minimum Gasteiger partial charge on any atom is -0.484 e. The van der Waals surface area contributed by atoms with Gasteiger partial charge in [-0.3, -0.25) is 4.18 Å². The smallest absolute Gasteiger partial charge is 0.271 e. The van der Waals surface area contributed by atoms with Crippen molar-refractivity contribution in [2.24, 2.45) is 5.92 Å². The average molecular weight is 375 g/mol. The molecule has 1 aliphatic rings. The first kappa shape index (κ1) is 18.7. The lowest BCUT2D eigenvalue weighted by Gasteiger charge is -2.37. The summed E-state index contributed by atoms with van der Waals surface area (Å²) in [6, 6.07) is 16.9. The number of hydrogen-bond acceptors (Lipinski definition) is 5. The van der Waals surface area contributed by atoms with E-state index in [1.54, 1.807) is 12.1 Å². The Hall–Kier alpha value is -2.05. The fourth-order valence-corrected chi connectivity index (χ4v) is 4.12. The topological polar surface area (TPSA) is 55.8 Å². The molecule has 0 radical (unpaired) electrons. The van der Waals surface area contributed by atoms with Gasteiger partial charge in [-0.2, -0.15) is 8.42 Å². The van der Waals surface area contributed by atoms with Gasteiger partial charge in [0.2, 0.25) is 0 Å². The highest BCUT2D eigenvalue weighted by Crippen LogP contribution is 2.33. The lowest BCUT2D eigenvalue weighted by molar-refractivity contribution is 0.127. The molecule has 26 heavy (non-hydrogen) atoms. The molecule has 2 aromatic rings. The summed E-state index contributed by atoms with van der Waals surface area (Å²) in [6.45, 7) is 5.82. The third kappa shape index (κ3) is 4.99. The standard InChI is InChI=1S/C20H25NO4S/c1-16(2)12-21-13-18(25-20-11-7-6-10-19(20)21)14-24-26(22,23)15-17-8-4-3-5-9-17/h3-11,16,18H,12-15H2,1-2H3. The molecule has 140 valence electrons. The van der Waals surface area contributed by atoms with E-state index in [4.69, 9.17) is 8.92 Å². The number of anilines is 1. The summed E-state index contributed by atoms with van der Waals surface area (Å²) in [5.41, 5.74) is 1.76. The van der Waals surface area contributed by atoms with Crippen LogP contribution in [0.2, 0.25) is 0 Å². The normalized spacial score (nSPS) is 17.0. The Balaban J connectivity index is 1.65. The van der Waals surface area contributed by atoms with Crippen molar-refractivity contribution in [1.82, 2.24) is 0 Å². The van der Waals surface area contributed by atoms with Gasteiger partial charge in [-0.25, -0.2) is 0 Å². The van der Waals surface area contributed by atoms with Crippen molar-refractivity contribution in [1.29, 1.82) is 0 Å². The largest absolute Gasteiger partial charge is 0.484 e. The molecule has 1 heterocycles. The van der Waals surface area contributed by atoms with E-state index in [0.29, 0.717) is 18.0 Å². The molecular weight excluding hydrogens is 350 g/mol. The maximum atomic E-state index is 12.3. The Labute approximate surface area is 155 Å².